The van der Waals surface area contributed by atoms with Gasteiger partial charge in [0.2, 0.25) is 0 Å². The first kappa shape index (κ1) is 26.2. The first-order valence-corrected chi connectivity index (χ1v) is 15.8. The molecule has 4 rings (SSSR count). The van der Waals surface area contributed by atoms with Gasteiger partial charge in [0.25, 0.3) is 0 Å². The van der Waals surface area contributed by atoms with Crippen LogP contribution in [0.15, 0.2) is 42.6 Å². The van der Waals surface area contributed by atoms with Crippen molar-refractivity contribution in [3.63, 3.8) is 0 Å². The van der Waals surface area contributed by atoms with Gasteiger partial charge in [-0.3, -0.25) is 4.57 Å². The number of nitrogens with one attached hydrogen (secondary N) is 1. The highest BCUT2D eigenvalue weighted by molar-refractivity contribution is 6.76. The van der Waals surface area contributed by atoms with E-state index in [2.05, 4.69) is 30.7 Å². The van der Waals surface area contributed by atoms with Gasteiger partial charge in [0, 0.05) is 49.0 Å². The summed E-state index contributed by atoms with van der Waals surface area (Å²) in [6, 6.07) is 12.4. The van der Waals surface area contributed by atoms with E-state index in [4.69, 9.17) is 19.2 Å². The molecule has 192 valence electrons. The second kappa shape index (κ2) is 10.6. The lowest BCUT2D eigenvalue weighted by molar-refractivity contribution is -0.134. The Hall–Kier alpha value is -3.87. The quantitative estimate of drug-likeness (QED) is 0.134. The molecule has 0 aliphatic rings. The zero-order valence-electron chi connectivity index (χ0n) is 22.1. The average Bonchev–Trinajstić information content (AvgIpc) is 3.49. The lowest BCUT2D eigenvalue weighted by Gasteiger charge is -2.18. The molecule has 0 saturated carbocycles. The van der Waals surface area contributed by atoms with Gasteiger partial charge in [-0.1, -0.05) is 19.6 Å². The Morgan fingerprint density at radius 1 is 1.22 bits per heavy atom. The third-order valence-corrected chi connectivity index (χ3v) is 8.00. The molecular weight excluding hydrogens is 484 g/mol. The molecule has 1 N–H and O–H groups in total. The Bertz CT molecular complexity index is 1540. The molecule has 2 aromatic carbocycles. The van der Waals surface area contributed by atoms with Crippen molar-refractivity contribution in [2.45, 2.75) is 39.3 Å². The molecule has 0 radical (unpaired) electrons. The number of esters is 1. The van der Waals surface area contributed by atoms with Crippen molar-refractivity contribution >= 4 is 41.6 Å². The van der Waals surface area contributed by atoms with E-state index in [1.165, 1.54) is 13.2 Å². The fraction of sp³-hybridized carbons (Fsp3) is 0.321. The van der Waals surface area contributed by atoms with Crippen LogP contribution in [0.5, 0.6) is 5.75 Å². The molecule has 8 nitrogen and oxygen atoms in total. The van der Waals surface area contributed by atoms with Gasteiger partial charge >= 0.3 is 5.97 Å². The number of nitriles is 1. The summed E-state index contributed by atoms with van der Waals surface area (Å²) in [6.07, 6.45) is 3.29. The maximum atomic E-state index is 12.7. The van der Waals surface area contributed by atoms with Crippen LogP contribution in [-0.4, -0.2) is 49.4 Å². The minimum Gasteiger partial charge on any atom is -0.496 e. The van der Waals surface area contributed by atoms with Crippen LogP contribution in [0, 0.1) is 18.3 Å². The molecule has 0 amide bonds. The SMILES string of the molecule is COC(=O)C=C(c1c(OC)cc(C)c2[nH]ccc12)c1nc2cc(C#N)ccc2n1COCC[Si](C)(C)C. The first-order valence-electron chi connectivity index (χ1n) is 12.1. The third kappa shape index (κ3) is 5.45. The number of carbonyl (C=O) groups excluding carboxylic acids is 1. The van der Waals surface area contributed by atoms with Crippen LogP contribution >= 0.6 is 0 Å². The molecule has 0 atom stereocenters. The molecule has 9 heteroatoms. The predicted octanol–water partition coefficient (Wildman–Crippen LogP) is 5.62. The van der Waals surface area contributed by atoms with Crippen LogP contribution in [0.25, 0.3) is 27.5 Å². The van der Waals surface area contributed by atoms with Gasteiger partial charge in [-0.15, -0.1) is 0 Å². The number of aromatic amines is 1. The van der Waals surface area contributed by atoms with Gasteiger partial charge in [-0.2, -0.15) is 5.26 Å². The minimum atomic E-state index is -1.28. The number of rotatable bonds is 9. The van der Waals surface area contributed by atoms with Crippen LogP contribution in [0.1, 0.15) is 22.5 Å². The summed E-state index contributed by atoms with van der Waals surface area (Å²) in [5.74, 6) is 0.612. The normalized spacial score (nSPS) is 12.2. The minimum absolute atomic E-state index is 0.241. The lowest BCUT2D eigenvalue weighted by Crippen LogP contribution is -2.22. The molecule has 2 heterocycles. The van der Waals surface area contributed by atoms with E-state index in [0.29, 0.717) is 40.4 Å². The molecule has 0 bridgehead atoms. The van der Waals surface area contributed by atoms with Gasteiger partial charge in [-0.05, 0) is 48.9 Å². The molecule has 2 aromatic heterocycles. The highest BCUT2D eigenvalue weighted by Gasteiger charge is 2.24. The number of nitrogens with zero attached hydrogens (tertiary/aromatic N) is 3. The van der Waals surface area contributed by atoms with E-state index in [1.807, 2.05) is 35.9 Å². The fourth-order valence-corrected chi connectivity index (χ4v) is 5.07. The number of carbonyl (C=O) groups is 1. The zero-order chi connectivity index (χ0) is 26.7. The topological polar surface area (TPSA) is 102 Å². The number of hydrogen-bond acceptors (Lipinski definition) is 6. The van der Waals surface area contributed by atoms with E-state index in [1.54, 1.807) is 19.2 Å². The molecule has 4 aromatic rings. The Morgan fingerprint density at radius 2 is 2.00 bits per heavy atom. The van der Waals surface area contributed by atoms with Crippen LogP contribution < -0.4 is 4.74 Å². The van der Waals surface area contributed by atoms with Crippen molar-refractivity contribution in [2.75, 3.05) is 20.8 Å². The van der Waals surface area contributed by atoms with Crippen molar-refractivity contribution in [2.24, 2.45) is 0 Å². The van der Waals surface area contributed by atoms with Crippen LogP contribution in [0.2, 0.25) is 25.7 Å². The molecule has 0 spiro atoms. The third-order valence-electron chi connectivity index (χ3n) is 6.29. The maximum absolute atomic E-state index is 12.7. The Morgan fingerprint density at radius 3 is 2.68 bits per heavy atom. The van der Waals surface area contributed by atoms with Crippen LogP contribution in [-0.2, 0) is 21.0 Å². The standard InChI is InChI=1S/C28H32N4O4Si/c1-18-13-24(34-2)26(20-9-10-30-27(18)20)21(15-25(33)35-3)28-31-22-14-19(16-29)7-8-23(22)32(28)17-36-11-12-37(4,5)6/h7-10,13-15,30H,11-12,17H2,1-6H3. The summed E-state index contributed by atoms with van der Waals surface area (Å²) in [4.78, 5) is 20.8. The average molecular weight is 517 g/mol. The number of hydrogen-bond donors (Lipinski definition) is 1. The van der Waals surface area contributed by atoms with Crippen molar-refractivity contribution in [3.8, 4) is 11.8 Å². The van der Waals surface area contributed by atoms with Gasteiger partial charge in [-0.25, -0.2) is 9.78 Å². The largest absolute Gasteiger partial charge is 0.496 e. The number of benzene rings is 2. The number of H-pyrrole nitrogens is 1. The Kier molecular flexibility index (Phi) is 7.52. The second-order valence-electron chi connectivity index (χ2n) is 10.1. The number of imidazole rings is 1. The summed E-state index contributed by atoms with van der Waals surface area (Å²) < 4.78 is 18.9. The molecule has 0 aliphatic carbocycles. The monoisotopic (exact) mass is 516 g/mol. The highest BCUT2D eigenvalue weighted by Crippen LogP contribution is 2.39. The maximum Gasteiger partial charge on any atom is 0.331 e. The van der Waals surface area contributed by atoms with E-state index < -0.39 is 14.0 Å². The Labute approximate surface area is 217 Å². The van der Waals surface area contributed by atoms with Gasteiger partial charge in [0.05, 0.1) is 36.9 Å². The van der Waals surface area contributed by atoms with Crippen molar-refractivity contribution < 1.29 is 19.0 Å². The highest BCUT2D eigenvalue weighted by atomic mass is 28.3. The van der Waals surface area contributed by atoms with Crippen molar-refractivity contribution in [1.29, 1.82) is 5.26 Å². The van der Waals surface area contributed by atoms with Crippen LogP contribution in [0.3, 0.4) is 0 Å². The van der Waals surface area contributed by atoms with Crippen molar-refractivity contribution in [1.82, 2.24) is 14.5 Å². The molecule has 0 unspecified atom stereocenters. The number of ether oxygens (including phenoxy) is 3. The number of aryl methyl sites for hydroxylation is 1. The molecule has 0 saturated heterocycles. The number of methoxy groups -OCH3 is 2. The van der Waals surface area contributed by atoms with Gasteiger partial charge in [0.1, 0.15) is 18.3 Å². The smallest absolute Gasteiger partial charge is 0.331 e. The van der Waals surface area contributed by atoms with E-state index in [0.717, 1.165) is 28.0 Å². The second-order valence-corrected chi connectivity index (χ2v) is 15.8. The molecule has 0 aliphatic heterocycles. The summed E-state index contributed by atoms with van der Waals surface area (Å²) in [6.45, 7) is 9.78. The van der Waals surface area contributed by atoms with E-state index >= 15 is 0 Å². The van der Waals surface area contributed by atoms with Gasteiger partial charge in [0.15, 0.2) is 0 Å². The van der Waals surface area contributed by atoms with Gasteiger partial charge < -0.3 is 19.2 Å². The van der Waals surface area contributed by atoms with E-state index in [-0.39, 0.29) is 6.73 Å². The van der Waals surface area contributed by atoms with Crippen LogP contribution in [0.4, 0.5) is 0 Å². The Balaban J connectivity index is 1.96. The fourth-order valence-electron chi connectivity index (χ4n) is 4.31. The van der Waals surface area contributed by atoms with E-state index in [9.17, 15) is 10.1 Å². The lowest BCUT2D eigenvalue weighted by atomic mass is 9.97. The number of fused-ring (bicyclic) bond motifs is 2. The molecule has 37 heavy (non-hydrogen) atoms. The first-order chi connectivity index (χ1) is 17.7. The summed E-state index contributed by atoms with van der Waals surface area (Å²) in [5.41, 5.74) is 5.14. The predicted molar refractivity (Wildman–Crippen MR) is 147 cm³/mol. The summed E-state index contributed by atoms with van der Waals surface area (Å²) in [7, 11) is 1.67. The molecule has 0 fully saturated rings. The summed E-state index contributed by atoms with van der Waals surface area (Å²) >= 11 is 0. The number of aromatic nitrogens is 3. The van der Waals surface area contributed by atoms with Crippen molar-refractivity contribution in [3.05, 3.63) is 65.1 Å². The zero-order valence-corrected chi connectivity index (χ0v) is 23.1. The molecular formula is C28H32N4O4Si. The summed E-state index contributed by atoms with van der Waals surface area (Å²) in [5, 5.41) is 10.3.